The molecule has 0 spiro atoms. The van der Waals surface area contributed by atoms with Crippen LogP contribution in [-0.2, 0) is 6.54 Å². The quantitative estimate of drug-likeness (QED) is 0.870. The number of nitrogens with one attached hydrogen (secondary N) is 1. The van der Waals surface area contributed by atoms with Gasteiger partial charge in [0.1, 0.15) is 0 Å². The van der Waals surface area contributed by atoms with Gasteiger partial charge < -0.3 is 5.32 Å². The van der Waals surface area contributed by atoms with Crippen molar-refractivity contribution in [2.45, 2.75) is 26.4 Å². The third-order valence-corrected chi connectivity index (χ3v) is 2.56. The maximum absolute atomic E-state index is 4.44. The first-order valence-electron chi connectivity index (χ1n) is 5.67. The number of nitrogens with zero attached hydrogens (tertiary/aromatic N) is 3. The van der Waals surface area contributed by atoms with E-state index >= 15 is 0 Å². The Balaban J connectivity index is 1.95. The fraction of sp³-hybridized carbons (Fsp3) is 0.308. The lowest BCUT2D eigenvalue weighted by atomic mass is 10.2. The molecule has 2 rings (SSSR count). The summed E-state index contributed by atoms with van der Waals surface area (Å²) in [5.74, 6) is 0. The maximum Gasteiger partial charge on any atom is 0.0753 e. The van der Waals surface area contributed by atoms with Crippen molar-refractivity contribution in [1.29, 1.82) is 0 Å². The number of rotatable bonds is 4. The summed E-state index contributed by atoms with van der Waals surface area (Å²) >= 11 is 0. The van der Waals surface area contributed by atoms with Gasteiger partial charge in [-0.1, -0.05) is 6.07 Å². The Bertz CT molecular complexity index is 470. The van der Waals surface area contributed by atoms with Crippen molar-refractivity contribution in [3.8, 4) is 0 Å². The van der Waals surface area contributed by atoms with Gasteiger partial charge in [-0.25, -0.2) is 0 Å². The van der Waals surface area contributed by atoms with Gasteiger partial charge in [-0.05, 0) is 26.0 Å². The van der Waals surface area contributed by atoms with Gasteiger partial charge >= 0.3 is 0 Å². The summed E-state index contributed by atoms with van der Waals surface area (Å²) in [5, 5.41) is 3.38. The van der Waals surface area contributed by atoms with E-state index in [1.54, 1.807) is 18.6 Å². The van der Waals surface area contributed by atoms with Gasteiger partial charge in [0.05, 0.1) is 11.4 Å². The molecule has 0 aromatic carbocycles. The molecule has 0 aliphatic rings. The van der Waals surface area contributed by atoms with Crippen LogP contribution in [-0.4, -0.2) is 15.0 Å². The van der Waals surface area contributed by atoms with E-state index in [0.717, 1.165) is 23.6 Å². The molecule has 0 bridgehead atoms. The molecular weight excluding hydrogens is 212 g/mol. The van der Waals surface area contributed by atoms with Crippen molar-refractivity contribution in [3.63, 3.8) is 0 Å². The molecule has 0 aliphatic carbocycles. The fourth-order valence-electron chi connectivity index (χ4n) is 1.59. The van der Waals surface area contributed by atoms with Crippen LogP contribution in [0.15, 0.2) is 36.8 Å². The monoisotopic (exact) mass is 228 g/mol. The lowest BCUT2D eigenvalue weighted by Gasteiger charge is -2.12. The molecular formula is C13H16N4. The summed E-state index contributed by atoms with van der Waals surface area (Å²) in [4.78, 5) is 12.8. The van der Waals surface area contributed by atoms with Crippen LogP contribution in [0.5, 0.6) is 0 Å². The zero-order chi connectivity index (χ0) is 12.1. The first-order chi connectivity index (χ1) is 8.25. The van der Waals surface area contributed by atoms with Crippen LogP contribution < -0.4 is 5.32 Å². The average molecular weight is 228 g/mol. The summed E-state index contributed by atoms with van der Waals surface area (Å²) in [7, 11) is 0. The highest BCUT2D eigenvalue weighted by atomic mass is 15.0. The first kappa shape index (κ1) is 11.7. The zero-order valence-corrected chi connectivity index (χ0v) is 10.1. The van der Waals surface area contributed by atoms with E-state index in [1.807, 2.05) is 25.1 Å². The van der Waals surface area contributed by atoms with E-state index in [9.17, 15) is 0 Å². The number of hydrogen-bond acceptors (Lipinski definition) is 4. The summed E-state index contributed by atoms with van der Waals surface area (Å²) in [6.45, 7) is 4.80. The predicted molar refractivity (Wildman–Crippen MR) is 66.3 cm³/mol. The average Bonchev–Trinajstić information content (AvgIpc) is 2.37. The molecule has 17 heavy (non-hydrogen) atoms. The Morgan fingerprint density at radius 2 is 2.18 bits per heavy atom. The van der Waals surface area contributed by atoms with Crippen LogP contribution in [0.3, 0.4) is 0 Å². The first-order valence-corrected chi connectivity index (χ1v) is 5.67. The molecule has 1 atom stereocenters. The Kier molecular flexibility index (Phi) is 3.77. The van der Waals surface area contributed by atoms with E-state index in [0.29, 0.717) is 0 Å². The van der Waals surface area contributed by atoms with E-state index in [2.05, 4.69) is 27.2 Å². The van der Waals surface area contributed by atoms with E-state index in [4.69, 9.17) is 0 Å². The number of hydrogen-bond donors (Lipinski definition) is 1. The Hall–Kier alpha value is -1.81. The minimum atomic E-state index is 0.172. The van der Waals surface area contributed by atoms with Crippen molar-refractivity contribution in [3.05, 3.63) is 53.9 Å². The third kappa shape index (κ3) is 3.32. The van der Waals surface area contributed by atoms with E-state index in [1.165, 1.54) is 0 Å². The Morgan fingerprint density at radius 3 is 2.88 bits per heavy atom. The second-order valence-electron chi connectivity index (χ2n) is 4.00. The highest BCUT2D eigenvalue weighted by Gasteiger charge is 2.06. The van der Waals surface area contributed by atoms with Gasteiger partial charge in [-0.15, -0.1) is 0 Å². The predicted octanol–water partition coefficient (Wildman–Crippen LogP) is 2.03. The van der Waals surface area contributed by atoms with Gasteiger partial charge in [0.15, 0.2) is 0 Å². The van der Waals surface area contributed by atoms with Crippen molar-refractivity contribution < 1.29 is 0 Å². The number of pyridine rings is 1. The Morgan fingerprint density at radius 1 is 1.29 bits per heavy atom. The SMILES string of the molecule is Cc1cccc(CNC(C)c2cnccn2)n1. The van der Waals surface area contributed by atoms with Crippen molar-refractivity contribution in [1.82, 2.24) is 20.3 Å². The molecule has 0 fully saturated rings. The largest absolute Gasteiger partial charge is 0.303 e. The van der Waals surface area contributed by atoms with Gasteiger partial charge in [-0.2, -0.15) is 0 Å². The zero-order valence-electron chi connectivity index (χ0n) is 10.1. The van der Waals surface area contributed by atoms with Gasteiger partial charge in [0.25, 0.3) is 0 Å². The molecule has 1 unspecified atom stereocenters. The summed E-state index contributed by atoms with van der Waals surface area (Å²) in [6, 6.07) is 6.21. The molecule has 4 nitrogen and oxygen atoms in total. The third-order valence-electron chi connectivity index (χ3n) is 2.56. The van der Waals surface area contributed by atoms with Gasteiger partial charge in [0.2, 0.25) is 0 Å². The van der Waals surface area contributed by atoms with E-state index < -0.39 is 0 Å². The molecule has 2 aromatic rings. The van der Waals surface area contributed by atoms with Crippen LogP contribution in [0.1, 0.15) is 30.0 Å². The van der Waals surface area contributed by atoms with Crippen LogP contribution in [0, 0.1) is 6.92 Å². The van der Waals surface area contributed by atoms with Crippen molar-refractivity contribution >= 4 is 0 Å². The lowest BCUT2D eigenvalue weighted by molar-refractivity contribution is 0.552. The lowest BCUT2D eigenvalue weighted by Crippen LogP contribution is -2.19. The van der Waals surface area contributed by atoms with Crippen LogP contribution in [0.2, 0.25) is 0 Å². The van der Waals surface area contributed by atoms with Crippen LogP contribution in [0.25, 0.3) is 0 Å². The normalized spacial score (nSPS) is 12.4. The summed E-state index contributed by atoms with van der Waals surface area (Å²) in [5.41, 5.74) is 3.03. The van der Waals surface area contributed by atoms with Crippen LogP contribution >= 0.6 is 0 Å². The standard InChI is InChI=1S/C13H16N4/c1-10-4-3-5-12(17-10)8-16-11(2)13-9-14-6-7-15-13/h3-7,9,11,16H,8H2,1-2H3. The maximum atomic E-state index is 4.44. The van der Waals surface area contributed by atoms with Gasteiger partial charge in [0, 0.05) is 36.9 Å². The van der Waals surface area contributed by atoms with Crippen molar-refractivity contribution in [2.75, 3.05) is 0 Å². The highest BCUT2D eigenvalue weighted by Crippen LogP contribution is 2.07. The molecule has 0 radical (unpaired) electrons. The molecule has 88 valence electrons. The second-order valence-corrected chi connectivity index (χ2v) is 4.00. The Labute approximate surface area is 101 Å². The molecule has 0 aliphatic heterocycles. The highest BCUT2D eigenvalue weighted by molar-refractivity contribution is 5.10. The fourth-order valence-corrected chi connectivity index (χ4v) is 1.59. The smallest absolute Gasteiger partial charge is 0.0753 e. The molecule has 2 heterocycles. The van der Waals surface area contributed by atoms with E-state index in [-0.39, 0.29) is 6.04 Å². The van der Waals surface area contributed by atoms with Crippen LogP contribution in [0.4, 0.5) is 0 Å². The second kappa shape index (κ2) is 5.50. The summed E-state index contributed by atoms with van der Waals surface area (Å²) in [6.07, 6.45) is 5.16. The topological polar surface area (TPSA) is 50.7 Å². The molecule has 0 saturated carbocycles. The molecule has 1 N–H and O–H groups in total. The minimum absolute atomic E-state index is 0.172. The molecule has 0 amide bonds. The molecule has 2 aromatic heterocycles. The summed E-state index contributed by atoms with van der Waals surface area (Å²) < 4.78 is 0. The van der Waals surface area contributed by atoms with Crippen molar-refractivity contribution in [2.24, 2.45) is 0 Å². The number of aromatic nitrogens is 3. The molecule has 4 heteroatoms. The van der Waals surface area contributed by atoms with Gasteiger partial charge in [-0.3, -0.25) is 15.0 Å². The minimum Gasteiger partial charge on any atom is -0.303 e. The number of aryl methyl sites for hydroxylation is 1. The molecule has 0 saturated heterocycles.